The molecule has 0 saturated carbocycles. The van der Waals surface area contributed by atoms with Gasteiger partial charge in [0.25, 0.3) is 10.0 Å². The summed E-state index contributed by atoms with van der Waals surface area (Å²) in [6.07, 6.45) is 5.18. The van der Waals surface area contributed by atoms with Gasteiger partial charge in [0.05, 0.1) is 11.9 Å². The second-order valence-electron chi connectivity index (χ2n) is 5.55. The third kappa shape index (κ3) is 2.74. The van der Waals surface area contributed by atoms with Crippen LogP contribution in [0.1, 0.15) is 12.0 Å². The Bertz CT molecular complexity index is 839. The van der Waals surface area contributed by atoms with Gasteiger partial charge in [-0.25, -0.2) is 17.8 Å². The number of anilines is 2. The number of hydrogen-bond acceptors (Lipinski definition) is 5. The zero-order chi connectivity index (χ0) is 16.6. The summed E-state index contributed by atoms with van der Waals surface area (Å²) in [5.74, 6) is 0.0757. The number of pyridine rings is 2. The molecule has 3 rings (SSSR count). The maximum absolute atomic E-state index is 13.4. The molecule has 0 N–H and O–H groups in total. The van der Waals surface area contributed by atoms with Crippen LogP contribution in [0.5, 0.6) is 0 Å². The first-order chi connectivity index (χ1) is 10.9. The summed E-state index contributed by atoms with van der Waals surface area (Å²) in [5.41, 5.74) is 1.48. The van der Waals surface area contributed by atoms with E-state index in [1.165, 1.54) is 10.5 Å². The molecule has 1 aliphatic heterocycles. The molecule has 3 heterocycles. The Morgan fingerprint density at radius 2 is 2.09 bits per heavy atom. The quantitative estimate of drug-likeness (QED) is 0.855. The third-order valence-electron chi connectivity index (χ3n) is 3.76. The normalized spacial score (nSPS) is 14.5. The largest absolute Gasteiger partial charge is 0.362 e. The van der Waals surface area contributed by atoms with Crippen LogP contribution in [-0.2, 0) is 16.4 Å². The van der Waals surface area contributed by atoms with Crippen LogP contribution in [0.3, 0.4) is 0 Å². The van der Waals surface area contributed by atoms with Gasteiger partial charge in [-0.05, 0) is 25.0 Å². The molecule has 0 spiro atoms. The number of nitrogens with zero attached hydrogens (tertiary/aromatic N) is 4. The van der Waals surface area contributed by atoms with Crippen LogP contribution in [0, 0.1) is 5.82 Å². The van der Waals surface area contributed by atoms with Crippen molar-refractivity contribution in [3.8, 4) is 0 Å². The van der Waals surface area contributed by atoms with Crippen molar-refractivity contribution in [2.45, 2.75) is 17.7 Å². The zero-order valence-electron chi connectivity index (χ0n) is 12.9. The van der Waals surface area contributed by atoms with Crippen molar-refractivity contribution in [3.63, 3.8) is 0 Å². The second-order valence-corrected chi connectivity index (χ2v) is 7.41. The second kappa shape index (κ2) is 5.77. The van der Waals surface area contributed by atoms with Gasteiger partial charge in [-0.15, -0.1) is 0 Å². The zero-order valence-corrected chi connectivity index (χ0v) is 13.7. The lowest BCUT2D eigenvalue weighted by atomic mass is 10.0. The number of halogens is 1. The van der Waals surface area contributed by atoms with E-state index in [4.69, 9.17) is 0 Å². The molecule has 1 aliphatic rings. The fourth-order valence-electron chi connectivity index (χ4n) is 2.76. The Morgan fingerprint density at radius 3 is 2.78 bits per heavy atom. The minimum Gasteiger partial charge on any atom is -0.362 e. The van der Waals surface area contributed by atoms with E-state index in [1.807, 2.05) is 19.0 Å². The van der Waals surface area contributed by atoms with Gasteiger partial charge < -0.3 is 4.90 Å². The molecule has 2 aromatic heterocycles. The number of aromatic nitrogens is 2. The lowest BCUT2D eigenvalue weighted by Gasteiger charge is -2.32. The number of fused-ring (bicyclic) bond motifs is 1. The number of rotatable bonds is 3. The molecule has 0 aliphatic carbocycles. The molecule has 0 unspecified atom stereocenters. The van der Waals surface area contributed by atoms with Crippen LogP contribution < -0.4 is 9.21 Å². The van der Waals surface area contributed by atoms with Crippen LogP contribution >= 0.6 is 0 Å². The smallest absolute Gasteiger partial charge is 0.265 e. The van der Waals surface area contributed by atoms with Gasteiger partial charge >= 0.3 is 0 Å². The molecular formula is C15H17FN4O2S. The van der Waals surface area contributed by atoms with Crippen LogP contribution in [0.2, 0.25) is 0 Å². The molecule has 122 valence electrons. The van der Waals surface area contributed by atoms with E-state index < -0.39 is 15.8 Å². The summed E-state index contributed by atoms with van der Waals surface area (Å²) in [5, 5.41) is 0. The van der Waals surface area contributed by atoms with E-state index in [0.717, 1.165) is 30.1 Å². The summed E-state index contributed by atoms with van der Waals surface area (Å²) in [4.78, 5) is 9.69. The lowest BCUT2D eigenvalue weighted by Crippen LogP contribution is -2.36. The Kier molecular flexibility index (Phi) is 3.93. The topological polar surface area (TPSA) is 66.4 Å². The fraction of sp³-hybridized carbons (Fsp3) is 0.333. The minimum absolute atomic E-state index is 0.145. The predicted molar refractivity (Wildman–Crippen MR) is 85.6 cm³/mol. The predicted octanol–water partition coefficient (Wildman–Crippen LogP) is 1.82. The van der Waals surface area contributed by atoms with E-state index in [0.29, 0.717) is 18.7 Å². The molecule has 0 aromatic carbocycles. The van der Waals surface area contributed by atoms with E-state index in [1.54, 1.807) is 12.3 Å². The highest BCUT2D eigenvalue weighted by Crippen LogP contribution is 2.35. The maximum atomic E-state index is 13.4. The average Bonchev–Trinajstić information content (AvgIpc) is 2.53. The molecule has 0 radical (unpaired) electrons. The Morgan fingerprint density at radius 1 is 1.30 bits per heavy atom. The highest BCUT2D eigenvalue weighted by atomic mass is 32.2. The van der Waals surface area contributed by atoms with Crippen molar-refractivity contribution in [1.29, 1.82) is 0 Å². The van der Waals surface area contributed by atoms with Crippen LogP contribution in [0.4, 0.5) is 15.9 Å². The highest BCUT2D eigenvalue weighted by molar-refractivity contribution is 7.92. The molecular weight excluding hydrogens is 319 g/mol. The summed E-state index contributed by atoms with van der Waals surface area (Å²) in [6, 6.07) is 2.68. The summed E-state index contributed by atoms with van der Waals surface area (Å²) >= 11 is 0. The molecule has 23 heavy (non-hydrogen) atoms. The van der Waals surface area contributed by atoms with Crippen molar-refractivity contribution in [2.75, 3.05) is 29.8 Å². The highest BCUT2D eigenvalue weighted by Gasteiger charge is 2.31. The summed E-state index contributed by atoms with van der Waals surface area (Å²) in [6.45, 7) is 0.350. The summed E-state index contributed by atoms with van der Waals surface area (Å²) in [7, 11) is -0.121. The molecule has 2 aromatic rings. The standard InChI is InChI=1S/C15H17FN4O2S/c1-19(2)15-13-4-3-7-20(14(13)5-6-18-15)23(21,22)12-8-11(16)9-17-10-12/h5-6,8-10H,3-4,7H2,1-2H3. The average molecular weight is 336 g/mol. The molecule has 0 saturated heterocycles. The molecule has 0 bridgehead atoms. The SMILES string of the molecule is CN(C)c1nccc2c1CCCN2S(=O)(=O)c1cncc(F)c1. The molecule has 0 amide bonds. The van der Waals surface area contributed by atoms with Gasteiger partial charge in [-0.1, -0.05) is 0 Å². The first-order valence-corrected chi connectivity index (χ1v) is 8.64. The molecule has 6 nitrogen and oxygen atoms in total. The number of sulfonamides is 1. The van der Waals surface area contributed by atoms with Crippen molar-refractivity contribution in [2.24, 2.45) is 0 Å². The molecule has 0 fully saturated rings. The van der Waals surface area contributed by atoms with Crippen LogP contribution in [0.25, 0.3) is 0 Å². The third-order valence-corrected chi connectivity index (χ3v) is 5.53. The van der Waals surface area contributed by atoms with Gasteiger partial charge in [0, 0.05) is 38.6 Å². The molecule has 8 heteroatoms. The Hall–Kier alpha value is -2.22. The van der Waals surface area contributed by atoms with E-state index in [9.17, 15) is 12.8 Å². The maximum Gasteiger partial charge on any atom is 0.265 e. The van der Waals surface area contributed by atoms with Crippen molar-refractivity contribution in [1.82, 2.24) is 9.97 Å². The first kappa shape index (κ1) is 15.7. The van der Waals surface area contributed by atoms with Crippen LogP contribution in [0.15, 0.2) is 35.6 Å². The Balaban J connectivity index is 2.12. The van der Waals surface area contributed by atoms with Crippen molar-refractivity contribution < 1.29 is 12.8 Å². The fourth-order valence-corrected chi connectivity index (χ4v) is 4.27. The first-order valence-electron chi connectivity index (χ1n) is 7.20. The monoisotopic (exact) mass is 336 g/mol. The summed E-state index contributed by atoms with van der Waals surface area (Å²) < 4.78 is 40.4. The van der Waals surface area contributed by atoms with Gasteiger partial charge in [-0.3, -0.25) is 9.29 Å². The Labute approximate surface area is 134 Å². The van der Waals surface area contributed by atoms with E-state index in [-0.39, 0.29) is 4.90 Å². The van der Waals surface area contributed by atoms with Gasteiger partial charge in [-0.2, -0.15) is 0 Å². The van der Waals surface area contributed by atoms with Crippen molar-refractivity contribution in [3.05, 3.63) is 42.1 Å². The van der Waals surface area contributed by atoms with Gasteiger partial charge in [0.15, 0.2) is 0 Å². The lowest BCUT2D eigenvalue weighted by molar-refractivity contribution is 0.580. The molecule has 0 atom stereocenters. The number of hydrogen-bond donors (Lipinski definition) is 0. The van der Waals surface area contributed by atoms with E-state index >= 15 is 0 Å². The van der Waals surface area contributed by atoms with Crippen LogP contribution in [-0.4, -0.2) is 39.0 Å². The minimum atomic E-state index is -3.86. The van der Waals surface area contributed by atoms with Gasteiger partial charge in [0.2, 0.25) is 0 Å². The van der Waals surface area contributed by atoms with Crippen molar-refractivity contribution >= 4 is 21.5 Å². The van der Waals surface area contributed by atoms with E-state index in [2.05, 4.69) is 9.97 Å². The van der Waals surface area contributed by atoms with Gasteiger partial charge in [0.1, 0.15) is 16.5 Å².